The van der Waals surface area contributed by atoms with Crippen LogP contribution in [0.15, 0.2) is 66.6 Å². The van der Waals surface area contributed by atoms with Crippen LogP contribution in [0.5, 0.6) is 0 Å². The number of hydrogen-bond donors (Lipinski definition) is 2. The van der Waals surface area contributed by atoms with Gasteiger partial charge in [0.25, 0.3) is 11.7 Å². The van der Waals surface area contributed by atoms with Crippen LogP contribution in [0, 0.1) is 11.6 Å². The molecule has 1 aliphatic rings. The van der Waals surface area contributed by atoms with Crippen LogP contribution in [-0.2, 0) is 16.0 Å². The van der Waals surface area contributed by atoms with Crippen molar-refractivity contribution < 1.29 is 23.5 Å². The molecular weight excluding hydrogens is 392 g/mol. The van der Waals surface area contributed by atoms with Crippen molar-refractivity contribution in [1.82, 2.24) is 14.9 Å². The molecule has 1 amide bonds. The highest BCUT2D eigenvalue weighted by Crippen LogP contribution is 2.39. The van der Waals surface area contributed by atoms with Gasteiger partial charge in [-0.25, -0.2) is 13.8 Å². The molecule has 1 aromatic heterocycles. The molecule has 2 aromatic carbocycles. The Labute approximate surface area is 170 Å². The number of aliphatic hydroxyl groups is 1. The zero-order valence-corrected chi connectivity index (χ0v) is 15.7. The number of ketones is 1. The third-order valence-electron chi connectivity index (χ3n) is 5.02. The van der Waals surface area contributed by atoms with E-state index in [9.17, 15) is 23.5 Å². The third-order valence-corrected chi connectivity index (χ3v) is 5.02. The molecular formula is C22H17F2N3O3. The molecule has 4 rings (SSSR count). The number of hydrogen-bond acceptors (Lipinski definition) is 4. The molecule has 2 heterocycles. The van der Waals surface area contributed by atoms with Crippen molar-refractivity contribution in [3.63, 3.8) is 0 Å². The minimum Gasteiger partial charge on any atom is -0.507 e. The molecule has 0 saturated carbocycles. The molecule has 0 spiro atoms. The zero-order chi connectivity index (χ0) is 21.3. The number of amides is 1. The molecule has 0 radical (unpaired) electrons. The summed E-state index contributed by atoms with van der Waals surface area (Å²) in [6.07, 6.45) is 3.53. The van der Waals surface area contributed by atoms with Crippen LogP contribution in [0.4, 0.5) is 8.78 Å². The maximum Gasteiger partial charge on any atom is 0.295 e. The summed E-state index contributed by atoms with van der Waals surface area (Å²) in [6.45, 7) is 0.176. The van der Waals surface area contributed by atoms with E-state index in [0.717, 1.165) is 17.8 Å². The van der Waals surface area contributed by atoms with Crippen LogP contribution in [0.25, 0.3) is 5.76 Å². The van der Waals surface area contributed by atoms with Gasteiger partial charge in [-0.1, -0.05) is 12.1 Å². The van der Waals surface area contributed by atoms with Gasteiger partial charge in [-0.2, -0.15) is 0 Å². The molecule has 1 saturated heterocycles. The van der Waals surface area contributed by atoms with Crippen molar-refractivity contribution in [3.8, 4) is 0 Å². The lowest BCUT2D eigenvalue weighted by molar-refractivity contribution is -0.139. The van der Waals surface area contributed by atoms with Gasteiger partial charge in [-0.05, 0) is 42.0 Å². The SMILES string of the molecule is O=C1C(=O)N(CCc2cnc[nH]2)[C@H](c2ccc(F)cc2)C1=C(O)c1ccc(F)cc1. The number of halogens is 2. The predicted octanol–water partition coefficient (Wildman–Crippen LogP) is 3.35. The highest BCUT2D eigenvalue weighted by Gasteiger charge is 2.45. The fourth-order valence-electron chi connectivity index (χ4n) is 3.53. The number of aromatic nitrogens is 2. The van der Waals surface area contributed by atoms with Crippen LogP contribution in [0.1, 0.15) is 22.9 Å². The van der Waals surface area contributed by atoms with Gasteiger partial charge >= 0.3 is 0 Å². The summed E-state index contributed by atoms with van der Waals surface area (Å²) >= 11 is 0. The Bertz CT molecular complexity index is 1110. The average molecular weight is 409 g/mol. The van der Waals surface area contributed by atoms with E-state index in [-0.39, 0.29) is 17.7 Å². The van der Waals surface area contributed by atoms with E-state index in [4.69, 9.17) is 0 Å². The molecule has 0 aliphatic carbocycles. The molecule has 1 aliphatic heterocycles. The lowest BCUT2D eigenvalue weighted by Crippen LogP contribution is -2.31. The van der Waals surface area contributed by atoms with Crippen molar-refractivity contribution in [2.24, 2.45) is 0 Å². The Hall–Kier alpha value is -3.81. The number of imidazole rings is 1. The lowest BCUT2D eigenvalue weighted by atomic mass is 9.95. The van der Waals surface area contributed by atoms with E-state index >= 15 is 0 Å². The van der Waals surface area contributed by atoms with Crippen LogP contribution in [0.3, 0.4) is 0 Å². The summed E-state index contributed by atoms with van der Waals surface area (Å²) in [7, 11) is 0. The molecule has 8 heteroatoms. The zero-order valence-electron chi connectivity index (χ0n) is 15.7. The topological polar surface area (TPSA) is 86.3 Å². The number of rotatable bonds is 5. The largest absolute Gasteiger partial charge is 0.507 e. The number of carbonyl (C=O) groups is 2. The Morgan fingerprint density at radius 1 is 1.03 bits per heavy atom. The fourth-order valence-corrected chi connectivity index (χ4v) is 3.53. The average Bonchev–Trinajstić information content (AvgIpc) is 3.34. The molecule has 0 unspecified atom stereocenters. The Kier molecular flexibility index (Phi) is 5.14. The first-order valence-corrected chi connectivity index (χ1v) is 9.23. The maximum atomic E-state index is 13.5. The van der Waals surface area contributed by atoms with Gasteiger partial charge in [0.15, 0.2) is 0 Å². The Morgan fingerprint density at radius 2 is 1.67 bits per heavy atom. The molecule has 1 fully saturated rings. The smallest absolute Gasteiger partial charge is 0.295 e. The van der Waals surface area contributed by atoms with Gasteiger partial charge < -0.3 is 15.0 Å². The van der Waals surface area contributed by atoms with Gasteiger partial charge in [-0.3, -0.25) is 9.59 Å². The molecule has 30 heavy (non-hydrogen) atoms. The number of nitrogens with zero attached hydrogens (tertiary/aromatic N) is 2. The van der Waals surface area contributed by atoms with E-state index in [1.807, 2.05) is 0 Å². The van der Waals surface area contributed by atoms with Crippen molar-refractivity contribution in [2.75, 3.05) is 6.54 Å². The molecule has 0 bridgehead atoms. The summed E-state index contributed by atoms with van der Waals surface area (Å²) < 4.78 is 26.7. The first-order chi connectivity index (χ1) is 14.5. The van der Waals surface area contributed by atoms with Crippen LogP contribution >= 0.6 is 0 Å². The van der Waals surface area contributed by atoms with E-state index in [1.165, 1.54) is 47.6 Å². The number of Topliss-reactive ketones (excluding diaryl/α,β-unsaturated/α-hetero) is 1. The van der Waals surface area contributed by atoms with Gasteiger partial charge in [0.2, 0.25) is 0 Å². The van der Waals surface area contributed by atoms with Crippen LogP contribution in [0.2, 0.25) is 0 Å². The van der Waals surface area contributed by atoms with Crippen LogP contribution in [-0.4, -0.2) is 38.2 Å². The maximum absolute atomic E-state index is 13.5. The first-order valence-electron chi connectivity index (χ1n) is 9.23. The van der Waals surface area contributed by atoms with E-state index < -0.39 is 35.1 Å². The van der Waals surface area contributed by atoms with E-state index in [2.05, 4.69) is 9.97 Å². The number of carbonyl (C=O) groups excluding carboxylic acids is 2. The van der Waals surface area contributed by atoms with Crippen molar-refractivity contribution >= 4 is 17.4 Å². The second kappa shape index (κ2) is 7.90. The van der Waals surface area contributed by atoms with Gasteiger partial charge in [-0.15, -0.1) is 0 Å². The van der Waals surface area contributed by atoms with Crippen molar-refractivity contribution in [3.05, 3.63) is 95.1 Å². The number of likely N-dealkylation sites (tertiary alicyclic amines) is 1. The number of aliphatic hydroxyl groups excluding tert-OH is 1. The van der Waals surface area contributed by atoms with Crippen molar-refractivity contribution in [2.45, 2.75) is 12.5 Å². The standard InChI is InChI=1S/C22H17F2N3O3/c23-15-5-1-13(2-6-15)19-18(20(28)14-3-7-16(24)8-4-14)21(29)22(30)27(19)10-9-17-11-25-12-26-17/h1-8,11-12,19,28H,9-10H2,(H,25,26)/t19-/m1/s1. The summed E-state index contributed by atoms with van der Waals surface area (Å²) in [5.74, 6) is -3.00. The molecule has 1 atom stereocenters. The number of H-pyrrole nitrogens is 1. The molecule has 2 N–H and O–H groups in total. The fraction of sp³-hybridized carbons (Fsp3) is 0.136. The molecule has 6 nitrogen and oxygen atoms in total. The summed E-state index contributed by atoms with van der Waals surface area (Å²) in [5, 5.41) is 10.8. The third kappa shape index (κ3) is 3.59. The van der Waals surface area contributed by atoms with Crippen molar-refractivity contribution in [1.29, 1.82) is 0 Å². The second-order valence-electron chi connectivity index (χ2n) is 6.88. The Balaban J connectivity index is 1.79. The van der Waals surface area contributed by atoms with Gasteiger partial charge in [0.05, 0.1) is 17.9 Å². The minimum atomic E-state index is -0.904. The highest BCUT2D eigenvalue weighted by atomic mass is 19.1. The molecule has 152 valence electrons. The number of benzene rings is 2. The minimum absolute atomic E-state index is 0.122. The Morgan fingerprint density at radius 3 is 2.27 bits per heavy atom. The monoisotopic (exact) mass is 409 g/mol. The van der Waals surface area contributed by atoms with E-state index in [1.54, 1.807) is 6.20 Å². The summed E-state index contributed by atoms with van der Waals surface area (Å²) in [5.41, 5.74) is 1.33. The second-order valence-corrected chi connectivity index (χ2v) is 6.88. The number of nitrogens with one attached hydrogen (secondary N) is 1. The van der Waals surface area contributed by atoms with Gasteiger partial charge in [0, 0.05) is 30.4 Å². The quantitative estimate of drug-likeness (QED) is 0.384. The van der Waals surface area contributed by atoms with Crippen LogP contribution < -0.4 is 0 Å². The summed E-state index contributed by atoms with van der Waals surface area (Å²) in [4.78, 5) is 33.8. The lowest BCUT2D eigenvalue weighted by Gasteiger charge is -2.25. The van der Waals surface area contributed by atoms with Gasteiger partial charge in [0.1, 0.15) is 17.4 Å². The summed E-state index contributed by atoms with van der Waals surface area (Å²) in [6, 6.07) is 9.42. The number of aromatic amines is 1. The predicted molar refractivity (Wildman–Crippen MR) is 104 cm³/mol. The first kappa shape index (κ1) is 19.5. The molecule has 3 aromatic rings. The van der Waals surface area contributed by atoms with E-state index in [0.29, 0.717) is 12.0 Å². The highest BCUT2D eigenvalue weighted by molar-refractivity contribution is 6.46. The normalized spacial score (nSPS) is 18.2.